The lowest BCUT2D eigenvalue weighted by Gasteiger charge is -2.34. The van der Waals surface area contributed by atoms with Gasteiger partial charge in [-0.15, -0.1) is 0 Å². The molecule has 29 heavy (non-hydrogen) atoms. The van der Waals surface area contributed by atoms with Crippen molar-refractivity contribution in [2.24, 2.45) is 0 Å². The molecule has 1 aliphatic rings. The minimum atomic E-state index is 0.288. The van der Waals surface area contributed by atoms with Gasteiger partial charge < -0.3 is 9.42 Å². The van der Waals surface area contributed by atoms with E-state index in [0.717, 1.165) is 61.8 Å². The molecule has 0 N–H and O–H groups in total. The van der Waals surface area contributed by atoms with E-state index in [9.17, 15) is 4.79 Å². The number of aromatic nitrogens is 2. The molecule has 6 nitrogen and oxygen atoms in total. The number of fused-ring (bicyclic) bond motifs is 1. The number of rotatable bonds is 7. The Morgan fingerprint density at radius 2 is 1.83 bits per heavy atom. The van der Waals surface area contributed by atoms with Crippen molar-refractivity contribution in [1.29, 1.82) is 0 Å². The fourth-order valence-corrected chi connectivity index (χ4v) is 3.88. The van der Waals surface area contributed by atoms with Gasteiger partial charge in [0, 0.05) is 38.2 Å². The van der Waals surface area contributed by atoms with Crippen molar-refractivity contribution in [3.05, 3.63) is 48.3 Å². The number of unbranched alkanes of at least 4 members (excludes halogenated alkanes) is 2. The highest BCUT2D eigenvalue weighted by Crippen LogP contribution is 2.27. The number of amides is 1. The third-order valence-corrected chi connectivity index (χ3v) is 5.57. The summed E-state index contributed by atoms with van der Waals surface area (Å²) in [6, 6.07) is 14.3. The first-order chi connectivity index (χ1) is 14.2. The highest BCUT2D eigenvalue weighted by Gasteiger charge is 2.22. The first-order valence-corrected chi connectivity index (χ1v) is 10.6. The largest absolute Gasteiger partial charge is 0.340 e. The summed E-state index contributed by atoms with van der Waals surface area (Å²) in [5.74, 6) is 1.54. The van der Waals surface area contributed by atoms with Crippen LogP contribution in [0.15, 0.2) is 47.0 Å². The average Bonchev–Trinajstić information content (AvgIpc) is 3.22. The van der Waals surface area contributed by atoms with Crippen LogP contribution in [-0.2, 0) is 11.3 Å². The molecule has 152 valence electrons. The van der Waals surface area contributed by atoms with Gasteiger partial charge in [0.05, 0.1) is 6.54 Å². The van der Waals surface area contributed by atoms with Crippen molar-refractivity contribution < 1.29 is 9.32 Å². The number of benzene rings is 2. The standard InChI is InChI=1S/C23H28N4O2/c1-2-3-4-12-22(28)27-15-13-26(14-16-27)17-21-24-23(29-25-21)20-11-7-9-18-8-5-6-10-19(18)20/h5-11H,2-4,12-17H2,1H3. The Balaban J connectivity index is 1.35. The van der Waals surface area contributed by atoms with Crippen LogP contribution in [0.5, 0.6) is 0 Å². The molecular weight excluding hydrogens is 364 g/mol. The molecule has 0 saturated carbocycles. The highest BCUT2D eigenvalue weighted by atomic mass is 16.5. The number of hydrogen-bond donors (Lipinski definition) is 0. The second-order valence-electron chi connectivity index (χ2n) is 7.66. The summed E-state index contributed by atoms with van der Waals surface area (Å²) in [5, 5.41) is 6.46. The van der Waals surface area contributed by atoms with E-state index in [4.69, 9.17) is 4.52 Å². The quantitative estimate of drug-likeness (QED) is 0.566. The van der Waals surface area contributed by atoms with Crippen molar-refractivity contribution in [2.45, 2.75) is 39.2 Å². The third-order valence-electron chi connectivity index (χ3n) is 5.57. The molecular formula is C23H28N4O2. The predicted octanol–water partition coefficient (Wildman–Crippen LogP) is 4.11. The third kappa shape index (κ3) is 4.65. The zero-order valence-corrected chi connectivity index (χ0v) is 17.0. The smallest absolute Gasteiger partial charge is 0.258 e. The topological polar surface area (TPSA) is 62.5 Å². The highest BCUT2D eigenvalue weighted by molar-refractivity contribution is 5.94. The van der Waals surface area contributed by atoms with Crippen molar-refractivity contribution in [2.75, 3.05) is 26.2 Å². The summed E-state index contributed by atoms with van der Waals surface area (Å²) in [6.45, 7) is 6.05. The van der Waals surface area contributed by atoms with Gasteiger partial charge in [-0.1, -0.05) is 61.3 Å². The predicted molar refractivity (Wildman–Crippen MR) is 113 cm³/mol. The maximum absolute atomic E-state index is 12.3. The maximum Gasteiger partial charge on any atom is 0.258 e. The van der Waals surface area contributed by atoms with Gasteiger partial charge >= 0.3 is 0 Å². The zero-order chi connectivity index (χ0) is 20.1. The first-order valence-electron chi connectivity index (χ1n) is 10.6. The first kappa shape index (κ1) is 19.6. The summed E-state index contributed by atoms with van der Waals surface area (Å²) in [7, 11) is 0. The van der Waals surface area contributed by atoms with Gasteiger partial charge in [0.2, 0.25) is 5.91 Å². The maximum atomic E-state index is 12.3. The Bertz CT molecular complexity index is 955. The van der Waals surface area contributed by atoms with Crippen LogP contribution in [-0.4, -0.2) is 52.0 Å². The van der Waals surface area contributed by atoms with E-state index in [0.29, 0.717) is 24.7 Å². The summed E-state index contributed by atoms with van der Waals surface area (Å²) in [5.41, 5.74) is 0.962. The molecule has 0 unspecified atom stereocenters. The Hall–Kier alpha value is -2.73. The molecule has 1 aliphatic heterocycles. The summed E-state index contributed by atoms with van der Waals surface area (Å²) >= 11 is 0. The van der Waals surface area contributed by atoms with Gasteiger partial charge in [0.25, 0.3) is 5.89 Å². The van der Waals surface area contributed by atoms with Crippen molar-refractivity contribution in [3.63, 3.8) is 0 Å². The Morgan fingerprint density at radius 3 is 2.66 bits per heavy atom. The van der Waals surface area contributed by atoms with E-state index < -0.39 is 0 Å². The van der Waals surface area contributed by atoms with Gasteiger partial charge in [-0.3, -0.25) is 9.69 Å². The van der Waals surface area contributed by atoms with Crippen LogP contribution >= 0.6 is 0 Å². The number of carbonyl (C=O) groups excluding carboxylic acids is 1. The van der Waals surface area contributed by atoms with Crippen LogP contribution in [0, 0.1) is 0 Å². The van der Waals surface area contributed by atoms with Gasteiger partial charge in [-0.2, -0.15) is 4.98 Å². The van der Waals surface area contributed by atoms with E-state index in [1.54, 1.807) is 0 Å². The molecule has 0 aliphatic carbocycles. The summed E-state index contributed by atoms with van der Waals surface area (Å²) in [4.78, 5) is 21.2. The molecule has 0 bridgehead atoms. The lowest BCUT2D eigenvalue weighted by atomic mass is 10.0. The van der Waals surface area contributed by atoms with Crippen molar-refractivity contribution in [1.82, 2.24) is 19.9 Å². The lowest BCUT2D eigenvalue weighted by molar-refractivity contribution is -0.133. The molecule has 2 heterocycles. The number of piperazine rings is 1. The number of hydrogen-bond acceptors (Lipinski definition) is 5. The van der Waals surface area contributed by atoms with Gasteiger partial charge in [-0.05, 0) is 23.3 Å². The molecule has 0 spiro atoms. The van der Waals surface area contributed by atoms with Crippen LogP contribution in [0.25, 0.3) is 22.2 Å². The molecule has 0 atom stereocenters. The fourth-order valence-electron chi connectivity index (χ4n) is 3.88. The van der Waals surface area contributed by atoms with Gasteiger partial charge in [0.15, 0.2) is 5.82 Å². The second-order valence-corrected chi connectivity index (χ2v) is 7.66. The Labute approximate surface area is 171 Å². The van der Waals surface area contributed by atoms with E-state index in [1.807, 2.05) is 29.2 Å². The number of carbonyl (C=O) groups is 1. The SMILES string of the molecule is CCCCCC(=O)N1CCN(Cc2noc(-c3cccc4ccccc34)n2)CC1. The number of nitrogens with zero attached hydrogens (tertiary/aromatic N) is 4. The van der Waals surface area contributed by atoms with Crippen molar-refractivity contribution >= 4 is 16.7 Å². The minimum Gasteiger partial charge on any atom is -0.340 e. The molecule has 6 heteroatoms. The Morgan fingerprint density at radius 1 is 1.03 bits per heavy atom. The van der Waals surface area contributed by atoms with E-state index in [-0.39, 0.29) is 5.91 Å². The van der Waals surface area contributed by atoms with Gasteiger partial charge in [0.1, 0.15) is 0 Å². The van der Waals surface area contributed by atoms with Crippen molar-refractivity contribution in [3.8, 4) is 11.5 Å². The lowest BCUT2D eigenvalue weighted by Crippen LogP contribution is -2.48. The molecule has 2 aromatic carbocycles. The summed E-state index contributed by atoms with van der Waals surface area (Å²) < 4.78 is 5.56. The molecule has 3 aromatic rings. The monoisotopic (exact) mass is 392 g/mol. The minimum absolute atomic E-state index is 0.288. The van der Waals surface area contributed by atoms with Crippen LogP contribution in [0.3, 0.4) is 0 Å². The second kappa shape index (κ2) is 9.18. The normalized spacial score (nSPS) is 15.1. The molecule has 1 fully saturated rings. The molecule has 1 amide bonds. The van der Waals surface area contributed by atoms with Crippen LogP contribution in [0.2, 0.25) is 0 Å². The van der Waals surface area contributed by atoms with Crippen LogP contribution in [0.4, 0.5) is 0 Å². The van der Waals surface area contributed by atoms with Crippen LogP contribution in [0.1, 0.15) is 38.4 Å². The summed E-state index contributed by atoms with van der Waals surface area (Å²) in [6.07, 6.45) is 3.94. The Kier molecular flexibility index (Phi) is 6.20. The molecule has 4 rings (SSSR count). The van der Waals surface area contributed by atoms with E-state index in [2.05, 4.69) is 40.2 Å². The molecule has 1 aromatic heterocycles. The van der Waals surface area contributed by atoms with E-state index in [1.165, 1.54) is 0 Å². The molecule has 0 radical (unpaired) electrons. The fraction of sp³-hybridized carbons (Fsp3) is 0.435. The zero-order valence-electron chi connectivity index (χ0n) is 17.0. The average molecular weight is 393 g/mol. The van der Waals surface area contributed by atoms with E-state index >= 15 is 0 Å². The molecule has 1 saturated heterocycles. The van der Waals surface area contributed by atoms with Gasteiger partial charge in [-0.25, -0.2) is 0 Å². The van der Waals surface area contributed by atoms with Crippen LogP contribution < -0.4 is 0 Å².